The largest absolute Gasteiger partial charge is 0.347 e. The van der Waals surface area contributed by atoms with E-state index in [2.05, 4.69) is 24.1 Å². The fourth-order valence-corrected chi connectivity index (χ4v) is 2.34. The van der Waals surface area contributed by atoms with Crippen LogP contribution in [0.2, 0.25) is 0 Å². The van der Waals surface area contributed by atoms with Gasteiger partial charge in [-0.25, -0.2) is 4.79 Å². The summed E-state index contributed by atoms with van der Waals surface area (Å²) in [6.45, 7) is 10.1. The van der Waals surface area contributed by atoms with Crippen molar-refractivity contribution in [2.75, 3.05) is 6.54 Å². The Hall–Kier alpha value is -1.16. The van der Waals surface area contributed by atoms with Crippen molar-refractivity contribution < 1.29 is 0 Å². The lowest BCUT2D eigenvalue weighted by Crippen LogP contribution is -2.30. The Morgan fingerprint density at radius 1 is 1.37 bits per heavy atom. The Balaban J connectivity index is 2.51. The second-order valence-electron chi connectivity index (χ2n) is 5.17. The second kappa shape index (κ2) is 8.10. The van der Waals surface area contributed by atoms with Crippen LogP contribution in [0.15, 0.2) is 10.9 Å². The molecular weight excluding hydrogens is 238 g/mol. The molecule has 0 aliphatic rings. The molecule has 108 valence electrons. The van der Waals surface area contributed by atoms with Crippen molar-refractivity contribution in [3.8, 4) is 0 Å². The number of aromatic nitrogens is 2. The molecule has 0 bridgehead atoms. The Bertz CT molecular complexity index is 440. The lowest BCUT2D eigenvalue weighted by molar-refractivity contribution is 0.434. The lowest BCUT2D eigenvalue weighted by Gasteiger charge is -2.17. The third-order valence-electron chi connectivity index (χ3n) is 3.46. The van der Waals surface area contributed by atoms with E-state index in [0.717, 1.165) is 50.2 Å². The molecule has 1 N–H and O–H groups in total. The van der Waals surface area contributed by atoms with Gasteiger partial charge in [-0.15, -0.1) is 0 Å². The van der Waals surface area contributed by atoms with Crippen LogP contribution >= 0.6 is 0 Å². The van der Waals surface area contributed by atoms with E-state index in [1.54, 1.807) is 4.57 Å². The van der Waals surface area contributed by atoms with Crippen LogP contribution in [0.5, 0.6) is 0 Å². The second-order valence-corrected chi connectivity index (χ2v) is 5.17. The summed E-state index contributed by atoms with van der Waals surface area (Å²) in [6, 6.07) is 2.53. The van der Waals surface area contributed by atoms with Crippen molar-refractivity contribution >= 4 is 0 Å². The molecule has 1 rings (SSSR count). The molecular formula is C15H27N3O. The number of rotatable bonds is 8. The maximum atomic E-state index is 11.8. The molecule has 0 amide bonds. The van der Waals surface area contributed by atoms with Crippen molar-refractivity contribution in [1.82, 2.24) is 14.9 Å². The van der Waals surface area contributed by atoms with Crippen LogP contribution in [0.1, 0.15) is 50.9 Å². The summed E-state index contributed by atoms with van der Waals surface area (Å²) in [7, 11) is 0. The maximum Gasteiger partial charge on any atom is 0.347 e. The fourth-order valence-electron chi connectivity index (χ4n) is 2.34. The molecule has 0 saturated heterocycles. The Kier molecular flexibility index (Phi) is 6.78. The van der Waals surface area contributed by atoms with Crippen LogP contribution in [-0.4, -0.2) is 22.1 Å². The van der Waals surface area contributed by atoms with Gasteiger partial charge in [-0.05, 0) is 52.1 Å². The van der Waals surface area contributed by atoms with Gasteiger partial charge in [0.2, 0.25) is 0 Å². The minimum atomic E-state index is -0.118. The first-order valence-corrected chi connectivity index (χ1v) is 7.37. The van der Waals surface area contributed by atoms with Crippen molar-refractivity contribution in [3.05, 3.63) is 27.9 Å². The molecule has 1 aromatic rings. The monoisotopic (exact) mass is 265 g/mol. The molecule has 0 radical (unpaired) electrons. The van der Waals surface area contributed by atoms with Gasteiger partial charge in [0.15, 0.2) is 0 Å². The zero-order valence-electron chi connectivity index (χ0n) is 12.7. The molecule has 0 spiro atoms. The van der Waals surface area contributed by atoms with Gasteiger partial charge in [-0.1, -0.05) is 13.8 Å². The molecule has 0 aromatic carbocycles. The smallest absolute Gasteiger partial charge is 0.314 e. The first kappa shape index (κ1) is 15.9. The summed E-state index contributed by atoms with van der Waals surface area (Å²) in [6.07, 6.45) is 4.42. The van der Waals surface area contributed by atoms with Gasteiger partial charge in [0.1, 0.15) is 0 Å². The molecule has 1 atom stereocenters. The van der Waals surface area contributed by atoms with Crippen LogP contribution in [0.25, 0.3) is 0 Å². The predicted octanol–water partition coefficient (Wildman–Crippen LogP) is 2.42. The predicted molar refractivity (Wildman–Crippen MR) is 79.6 cm³/mol. The third-order valence-corrected chi connectivity index (χ3v) is 3.46. The standard InChI is InChI=1S/C15H27N3O/c1-5-9-16-14(6-2)8-7-10-18-13(4)11-12(3)17-15(18)19/h11,14,16H,5-10H2,1-4H3. The SMILES string of the molecule is CCCNC(CC)CCCn1c(C)cc(C)nc1=O. The molecule has 4 nitrogen and oxygen atoms in total. The van der Waals surface area contributed by atoms with Gasteiger partial charge in [0.05, 0.1) is 0 Å². The van der Waals surface area contributed by atoms with E-state index in [1.165, 1.54) is 0 Å². The molecule has 0 aliphatic heterocycles. The zero-order chi connectivity index (χ0) is 14.3. The van der Waals surface area contributed by atoms with Crippen LogP contribution in [-0.2, 0) is 6.54 Å². The molecule has 4 heteroatoms. The van der Waals surface area contributed by atoms with Crippen molar-refractivity contribution in [2.45, 2.75) is 66.0 Å². The summed E-state index contributed by atoms with van der Waals surface area (Å²) >= 11 is 0. The Morgan fingerprint density at radius 3 is 2.68 bits per heavy atom. The zero-order valence-corrected chi connectivity index (χ0v) is 12.7. The minimum absolute atomic E-state index is 0.118. The number of nitrogens with zero attached hydrogens (tertiary/aromatic N) is 2. The number of hydrogen-bond donors (Lipinski definition) is 1. The summed E-state index contributed by atoms with van der Waals surface area (Å²) in [5, 5.41) is 3.54. The first-order chi connectivity index (χ1) is 9.08. The van der Waals surface area contributed by atoms with Crippen molar-refractivity contribution in [3.63, 3.8) is 0 Å². The van der Waals surface area contributed by atoms with E-state index >= 15 is 0 Å². The van der Waals surface area contributed by atoms with Crippen LogP contribution in [0.4, 0.5) is 0 Å². The molecule has 0 aliphatic carbocycles. The summed E-state index contributed by atoms with van der Waals surface area (Å²) in [5.41, 5.74) is 1.69. The van der Waals surface area contributed by atoms with Crippen LogP contribution < -0.4 is 11.0 Å². The van der Waals surface area contributed by atoms with Crippen LogP contribution in [0.3, 0.4) is 0 Å². The van der Waals surface area contributed by atoms with Gasteiger partial charge in [0.25, 0.3) is 0 Å². The highest BCUT2D eigenvalue weighted by molar-refractivity contribution is 5.06. The summed E-state index contributed by atoms with van der Waals surface area (Å²) in [4.78, 5) is 15.8. The van der Waals surface area contributed by atoms with Gasteiger partial charge in [-0.3, -0.25) is 4.57 Å². The highest BCUT2D eigenvalue weighted by Gasteiger charge is 2.07. The van der Waals surface area contributed by atoms with E-state index < -0.39 is 0 Å². The quantitative estimate of drug-likeness (QED) is 0.785. The van der Waals surface area contributed by atoms with Gasteiger partial charge < -0.3 is 5.32 Å². The van der Waals surface area contributed by atoms with Crippen molar-refractivity contribution in [2.24, 2.45) is 0 Å². The fraction of sp³-hybridized carbons (Fsp3) is 0.733. The Labute approximate surface area is 116 Å². The van der Waals surface area contributed by atoms with Gasteiger partial charge in [-0.2, -0.15) is 4.98 Å². The summed E-state index contributed by atoms with van der Waals surface area (Å²) in [5.74, 6) is 0. The Morgan fingerprint density at radius 2 is 2.11 bits per heavy atom. The van der Waals surface area contributed by atoms with E-state index in [0.29, 0.717) is 6.04 Å². The normalized spacial score (nSPS) is 12.6. The topological polar surface area (TPSA) is 46.9 Å². The average molecular weight is 265 g/mol. The van der Waals surface area contributed by atoms with E-state index in [-0.39, 0.29) is 5.69 Å². The van der Waals surface area contributed by atoms with Gasteiger partial charge >= 0.3 is 5.69 Å². The van der Waals surface area contributed by atoms with Crippen molar-refractivity contribution in [1.29, 1.82) is 0 Å². The minimum Gasteiger partial charge on any atom is -0.314 e. The number of nitrogens with one attached hydrogen (secondary N) is 1. The van der Waals surface area contributed by atoms with E-state index in [4.69, 9.17) is 0 Å². The lowest BCUT2D eigenvalue weighted by atomic mass is 10.1. The third kappa shape index (κ3) is 5.15. The number of aryl methyl sites for hydroxylation is 2. The van der Waals surface area contributed by atoms with E-state index in [9.17, 15) is 4.79 Å². The molecule has 0 fully saturated rings. The molecule has 19 heavy (non-hydrogen) atoms. The van der Waals surface area contributed by atoms with Gasteiger partial charge in [0, 0.05) is 24.0 Å². The van der Waals surface area contributed by atoms with E-state index in [1.807, 2.05) is 19.9 Å². The molecule has 0 saturated carbocycles. The maximum absolute atomic E-state index is 11.8. The summed E-state index contributed by atoms with van der Waals surface area (Å²) < 4.78 is 1.78. The average Bonchev–Trinajstić information content (AvgIpc) is 2.36. The number of hydrogen-bond acceptors (Lipinski definition) is 3. The highest BCUT2D eigenvalue weighted by Crippen LogP contribution is 2.05. The first-order valence-electron chi connectivity index (χ1n) is 7.37. The highest BCUT2D eigenvalue weighted by atomic mass is 16.1. The van der Waals surface area contributed by atoms with Crippen LogP contribution in [0, 0.1) is 13.8 Å². The molecule has 1 aromatic heterocycles. The molecule has 1 heterocycles. The molecule has 1 unspecified atom stereocenters.